The van der Waals surface area contributed by atoms with Crippen LogP contribution in [-0.4, -0.2) is 27.3 Å². The monoisotopic (exact) mass is 202 g/mol. The van der Waals surface area contributed by atoms with Crippen molar-refractivity contribution < 1.29 is 4.79 Å². The van der Waals surface area contributed by atoms with E-state index in [1.807, 2.05) is 0 Å². The molecule has 0 atom stereocenters. The topological polar surface area (TPSA) is 59.3 Å². The predicted octanol–water partition coefficient (Wildman–Crippen LogP) is 0.645. The Morgan fingerprint density at radius 1 is 1.60 bits per heavy atom. The highest BCUT2D eigenvalue weighted by Crippen LogP contribution is 2.07. The van der Waals surface area contributed by atoms with Gasteiger partial charge in [0.1, 0.15) is 5.52 Å². The Morgan fingerprint density at radius 2 is 2.47 bits per heavy atom. The van der Waals surface area contributed by atoms with E-state index >= 15 is 0 Å². The van der Waals surface area contributed by atoms with Crippen molar-refractivity contribution in [1.29, 1.82) is 0 Å². The fourth-order valence-corrected chi connectivity index (χ4v) is 1.27. The van der Waals surface area contributed by atoms with Gasteiger partial charge in [0, 0.05) is 12.7 Å². The summed E-state index contributed by atoms with van der Waals surface area (Å²) in [5, 5.41) is 10.6. The van der Waals surface area contributed by atoms with E-state index in [0.29, 0.717) is 17.6 Å². The number of aromatic nitrogens is 3. The summed E-state index contributed by atoms with van der Waals surface area (Å²) in [6.07, 6.45) is 4.74. The van der Waals surface area contributed by atoms with E-state index in [2.05, 4.69) is 22.1 Å². The summed E-state index contributed by atoms with van der Waals surface area (Å²) in [5.41, 5.74) is 1.21. The summed E-state index contributed by atoms with van der Waals surface area (Å²) in [5.74, 6) is -0.169. The zero-order valence-electron chi connectivity index (χ0n) is 8.05. The third-order valence-corrected chi connectivity index (χ3v) is 1.96. The number of nitrogens with zero attached hydrogens (tertiary/aromatic N) is 3. The molecule has 0 saturated carbocycles. The first kappa shape index (κ1) is 9.39. The zero-order chi connectivity index (χ0) is 10.7. The quantitative estimate of drug-likeness (QED) is 0.743. The van der Waals surface area contributed by atoms with Crippen molar-refractivity contribution in [3.63, 3.8) is 0 Å². The molecule has 5 heteroatoms. The maximum Gasteiger partial charge on any atom is 0.255 e. The van der Waals surface area contributed by atoms with Gasteiger partial charge in [-0.15, -0.1) is 6.58 Å². The van der Waals surface area contributed by atoms with Crippen molar-refractivity contribution in [3.8, 4) is 0 Å². The van der Waals surface area contributed by atoms with E-state index in [4.69, 9.17) is 0 Å². The molecule has 0 saturated heterocycles. The van der Waals surface area contributed by atoms with Gasteiger partial charge in [-0.2, -0.15) is 14.8 Å². The highest BCUT2D eigenvalue weighted by atomic mass is 16.1. The summed E-state index contributed by atoms with van der Waals surface area (Å²) in [7, 11) is 0. The number of amides is 1. The first-order chi connectivity index (χ1) is 7.33. The van der Waals surface area contributed by atoms with Crippen molar-refractivity contribution in [2.24, 2.45) is 0 Å². The lowest BCUT2D eigenvalue weighted by molar-refractivity contribution is 0.0959. The minimum atomic E-state index is -0.169. The second-order valence-corrected chi connectivity index (χ2v) is 2.96. The van der Waals surface area contributed by atoms with Crippen LogP contribution >= 0.6 is 0 Å². The molecule has 1 amide bonds. The molecule has 5 nitrogen and oxygen atoms in total. The lowest BCUT2D eigenvalue weighted by Crippen LogP contribution is -2.22. The molecule has 1 N–H and O–H groups in total. The molecule has 2 heterocycles. The molecule has 0 aliphatic rings. The molecule has 0 aromatic carbocycles. The molecule has 15 heavy (non-hydrogen) atoms. The number of hydrogen-bond acceptors (Lipinski definition) is 3. The Kier molecular flexibility index (Phi) is 2.45. The molecule has 2 rings (SSSR count). The van der Waals surface area contributed by atoms with E-state index in [-0.39, 0.29) is 5.91 Å². The van der Waals surface area contributed by atoms with E-state index < -0.39 is 0 Å². The van der Waals surface area contributed by atoms with Crippen LogP contribution in [0.3, 0.4) is 0 Å². The van der Waals surface area contributed by atoms with Gasteiger partial charge in [-0.25, -0.2) is 0 Å². The zero-order valence-corrected chi connectivity index (χ0v) is 8.05. The Balaban J connectivity index is 2.35. The smallest absolute Gasteiger partial charge is 0.255 e. The third-order valence-electron chi connectivity index (χ3n) is 1.96. The molecule has 2 aromatic rings. The van der Waals surface area contributed by atoms with Gasteiger partial charge in [-0.3, -0.25) is 4.79 Å². The fourth-order valence-electron chi connectivity index (χ4n) is 1.27. The number of fused-ring (bicyclic) bond motifs is 1. The second-order valence-electron chi connectivity index (χ2n) is 2.96. The van der Waals surface area contributed by atoms with Gasteiger partial charge in [0.25, 0.3) is 5.91 Å². The third kappa shape index (κ3) is 1.71. The standard InChI is InChI=1S/C10H10N4O/c1-2-5-11-10(15)8-7-13-14-9(8)4-3-6-12-14/h2-4,6-7H,1,5H2,(H,11,15). The Morgan fingerprint density at radius 3 is 3.27 bits per heavy atom. The van der Waals surface area contributed by atoms with E-state index in [1.165, 1.54) is 10.8 Å². The van der Waals surface area contributed by atoms with Gasteiger partial charge in [-0.05, 0) is 12.1 Å². The van der Waals surface area contributed by atoms with Crippen LogP contribution in [0.4, 0.5) is 0 Å². The minimum Gasteiger partial charge on any atom is -0.348 e. The Bertz CT molecular complexity index is 503. The minimum absolute atomic E-state index is 0.169. The normalized spacial score (nSPS) is 10.1. The van der Waals surface area contributed by atoms with Gasteiger partial charge in [0.15, 0.2) is 0 Å². The maximum absolute atomic E-state index is 11.6. The summed E-state index contributed by atoms with van der Waals surface area (Å²) >= 11 is 0. The van der Waals surface area contributed by atoms with Crippen LogP contribution in [0.2, 0.25) is 0 Å². The lowest BCUT2D eigenvalue weighted by atomic mass is 10.2. The summed E-state index contributed by atoms with van der Waals surface area (Å²) in [4.78, 5) is 11.6. The molecule has 0 fully saturated rings. The van der Waals surface area contributed by atoms with Crippen molar-refractivity contribution in [2.45, 2.75) is 0 Å². The summed E-state index contributed by atoms with van der Waals surface area (Å²) < 4.78 is 1.42. The van der Waals surface area contributed by atoms with Crippen LogP contribution in [0, 0.1) is 0 Å². The molecular weight excluding hydrogens is 192 g/mol. The molecule has 0 aliphatic carbocycles. The predicted molar refractivity (Wildman–Crippen MR) is 55.5 cm³/mol. The highest BCUT2D eigenvalue weighted by molar-refractivity contribution is 6.00. The maximum atomic E-state index is 11.6. The van der Waals surface area contributed by atoms with Crippen molar-refractivity contribution in [2.75, 3.05) is 6.54 Å². The Hall–Kier alpha value is -2.17. The average molecular weight is 202 g/mol. The SMILES string of the molecule is C=CCNC(=O)c1cnn2ncccc12. The number of carbonyl (C=O) groups excluding carboxylic acids is 1. The van der Waals surface area contributed by atoms with Gasteiger partial charge in [-0.1, -0.05) is 6.08 Å². The van der Waals surface area contributed by atoms with Crippen LogP contribution in [0.15, 0.2) is 37.2 Å². The average Bonchev–Trinajstić information content (AvgIpc) is 2.69. The number of nitrogens with one attached hydrogen (secondary N) is 1. The molecule has 76 valence electrons. The summed E-state index contributed by atoms with van der Waals surface area (Å²) in [6.45, 7) is 3.97. The second kappa shape index (κ2) is 3.91. The molecule has 0 radical (unpaired) electrons. The fraction of sp³-hybridized carbons (Fsp3) is 0.100. The lowest BCUT2D eigenvalue weighted by Gasteiger charge is -1.99. The molecule has 0 aliphatic heterocycles. The van der Waals surface area contributed by atoms with Crippen LogP contribution in [0.5, 0.6) is 0 Å². The van der Waals surface area contributed by atoms with Crippen molar-refractivity contribution in [3.05, 3.63) is 42.7 Å². The first-order valence-electron chi connectivity index (χ1n) is 4.51. The van der Waals surface area contributed by atoms with Crippen LogP contribution in [-0.2, 0) is 0 Å². The molecule has 0 spiro atoms. The molecular formula is C10H10N4O. The van der Waals surface area contributed by atoms with E-state index in [1.54, 1.807) is 24.4 Å². The largest absolute Gasteiger partial charge is 0.348 e. The molecule has 0 bridgehead atoms. The van der Waals surface area contributed by atoms with Gasteiger partial charge < -0.3 is 5.32 Å². The van der Waals surface area contributed by atoms with E-state index in [9.17, 15) is 4.79 Å². The van der Waals surface area contributed by atoms with Gasteiger partial charge >= 0.3 is 0 Å². The number of rotatable bonds is 3. The highest BCUT2D eigenvalue weighted by Gasteiger charge is 2.11. The molecule has 2 aromatic heterocycles. The summed E-state index contributed by atoms with van der Waals surface area (Å²) in [6, 6.07) is 3.56. The first-order valence-corrected chi connectivity index (χ1v) is 4.51. The van der Waals surface area contributed by atoms with Gasteiger partial charge in [0.05, 0.1) is 11.8 Å². The Labute approximate surface area is 86.4 Å². The number of hydrogen-bond donors (Lipinski definition) is 1. The van der Waals surface area contributed by atoms with Gasteiger partial charge in [0.2, 0.25) is 0 Å². The van der Waals surface area contributed by atoms with Crippen LogP contribution < -0.4 is 5.32 Å². The van der Waals surface area contributed by atoms with Crippen molar-refractivity contribution >= 4 is 11.4 Å². The van der Waals surface area contributed by atoms with Crippen LogP contribution in [0.1, 0.15) is 10.4 Å². The van der Waals surface area contributed by atoms with Crippen molar-refractivity contribution in [1.82, 2.24) is 20.1 Å². The number of carbonyl (C=O) groups is 1. The molecule has 0 unspecified atom stereocenters. The van der Waals surface area contributed by atoms with Crippen LogP contribution in [0.25, 0.3) is 5.52 Å². The van der Waals surface area contributed by atoms with E-state index in [0.717, 1.165) is 0 Å².